The van der Waals surface area contributed by atoms with Gasteiger partial charge in [0.25, 0.3) is 11.8 Å². The predicted octanol–water partition coefficient (Wildman–Crippen LogP) is 4.52. The lowest BCUT2D eigenvalue weighted by Gasteiger charge is -2.17. The topological polar surface area (TPSA) is 88.7 Å². The van der Waals surface area contributed by atoms with Crippen molar-refractivity contribution in [2.45, 2.75) is 33.3 Å². The number of halogens is 2. The van der Waals surface area contributed by atoms with Gasteiger partial charge < -0.3 is 9.47 Å². The van der Waals surface area contributed by atoms with Crippen LogP contribution in [0, 0.1) is 5.92 Å². The monoisotopic (exact) mass is 497 g/mol. The molecule has 0 saturated carbocycles. The second kappa shape index (κ2) is 12.5. The van der Waals surface area contributed by atoms with E-state index in [1.807, 2.05) is 0 Å². The summed E-state index contributed by atoms with van der Waals surface area (Å²) < 4.78 is 11.1. The highest BCUT2D eigenvalue weighted by Crippen LogP contribution is 2.28. The standard InChI is InChI=1S/C22H25Cl2N3O4S/c1-13(2)10-11-30-17-7-4-15(5-8-17)21(29)25-22(32)27-26-20(28)14(3)31-19-9-6-16(23)12-18(19)24/h4-9,12-14H,10-11H2,1-3H3,(H,26,28)(H2,25,27,29,32). The molecule has 10 heteroatoms. The molecule has 0 fully saturated rings. The van der Waals surface area contributed by atoms with Crippen LogP contribution in [0.3, 0.4) is 0 Å². The lowest BCUT2D eigenvalue weighted by atomic mass is 10.1. The molecule has 1 unspecified atom stereocenters. The fourth-order valence-corrected chi connectivity index (χ4v) is 2.95. The van der Waals surface area contributed by atoms with E-state index in [1.54, 1.807) is 36.4 Å². The van der Waals surface area contributed by atoms with E-state index >= 15 is 0 Å². The van der Waals surface area contributed by atoms with Gasteiger partial charge in [-0.3, -0.25) is 25.8 Å². The first-order valence-corrected chi connectivity index (χ1v) is 11.1. The molecule has 2 aromatic carbocycles. The van der Waals surface area contributed by atoms with Crippen LogP contribution in [0.1, 0.15) is 37.6 Å². The highest BCUT2D eigenvalue weighted by Gasteiger charge is 2.17. The Morgan fingerprint density at radius 1 is 1.03 bits per heavy atom. The fourth-order valence-electron chi connectivity index (χ4n) is 2.36. The number of hydrogen-bond donors (Lipinski definition) is 3. The van der Waals surface area contributed by atoms with Gasteiger partial charge in [0, 0.05) is 10.6 Å². The number of carbonyl (C=O) groups is 2. The van der Waals surface area contributed by atoms with E-state index < -0.39 is 17.9 Å². The van der Waals surface area contributed by atoms with Gasteiger partial charge >= 0.3 is 0 Å². The first-order chi connectivity index (χ1) is 15.2. The largest absolute Gasteiger partial charge is 0.494 e. The minimum absolute atomic E-state index is 0.0719. The minimum Gasteiger partial charge on any atom is -0.494 e. The van der Waals surface area contributed by atoms with Crippen molar-refractivity contribution in [2.24, 2.45) is 5.92 Å². The quantitative estimate of drug-likeness (QED) is 0.367. The van der Waals surface area contributed by atoms with Crippen LogP contribution in [0.4, 0.5) is 0 Å². The van der Waals surface area contributed by atoms with Gasteiger partial charge in [0.15, 0.2) is 11.2 Å². The van der Waals surface area contributed by atoms with Crippen molar-refractivity contribution in [2.75, 3.05) is 6.61 Å². The number of amides is 2. The smallest absolute Gasteiger partial charge is 0.279 e. The molecule has 3 N–H and O–H groups in total. The molecule has 0 aliphatic carbocycles. The summed E-state index contributed by atoms with van der Waals surface area (Å²) in [5.74, 6) is 0.605. The molecule has 0 aliphatic heterocycles. The molecule has 0 bridgehead atoms. The van der Waals surface area contributed by atoms with Crippen molar-refractivity contribution in [3.63, 3.8) is 0 Å². The number of rotatable bonds is 8. The Bertz CT molecular complexity index is 955. The third-order valence-electron chi connectivity index (χ3n) is 4.17. The van der Waals surface area contributed by atoms with Gasteiger partial charge in [-0.15, -0.1) is 0 Å². The summed E-state index contributed by atoms with van der Waals surface area (Å²) in [4.78, 5) is 24.5. The summed E-state index contributed by atoms with van der Waals surface area (Å²) in [7, 11) is 0. The molecule has 0 saturated heterocycles. The van der Waals surface area contributed by atoms with Gasteiger partial charge in [-0.1, -0.05) is 37.0 Å². The maximum atomic E-state index is 12.3. The average Bonchev–Trinajstić information content (AvgIpc) is 2.74. The molecular weight excluding hydrogens is 473 g/mol. The number of ether oxygens (including phenoxy) is 2. The van der Waals surface area contributed by atoms with Crippen LogP contribution >= 0.6 is 35.4 Å². The van der Waals surface area contributed by atoms with E-state index in [2.05, 4.69) is 30.0 Å². The maximum absolute atomic E-state index is 12.3. The Kier molecular flexibility index (Phi) is 10.0. The Hall–Kier alpha value is -2.55. The van der Waals surface area contributed by atoms with Crippen LogP contribution in [0.15, 0.2) is 42.5 Å². The first-order valence-electron chi connectivity index (χ1n) is 9.91. The summed E-state index contributed by atoms with van der Waals surface area (Å²) in [6.45, 7) is 6.40. The van der Waals surface area contributed by atoms with Crippen molar-refractivity contribution in [3.05, 3.63) is 58.1 Å². The van der Waals surface area contributed by atoms with Gasteiger partial charge in [-0.05, 0) is 73.9 Å². The zero-order valence-corrected chi connectivity index (χ0v) is 20.2. The summed E-state index contributed by atoms with van der Waals surface area (Å²) in [5.41, 5.74) is 5.23. The van der Waals surface area contributed by atoms with E-state index in [9.17, 15) is 9.59 Å². The number of nitrogens with one attached hydrogen (secondary N) is 3. The van der Waals surface area contributed by atoms with Crippen molar-refractivity contribution in [1.29, 1.82) is 0 Å². The fraction of sp³-hybridized carbons (Fsp3) is 0.318. The number of hydrazine groups is 1. The summed E-state index contributed by atoms with van der Waals surface area (Å²) in [6, 6.07) is 11.4. The second-order valence-corrected chi connectivity index (χ2v) is 8.54. The molecule has 7 nitrogen and oxygen atoms in total. The SMILES string of the molecule is CC(C)CCOc1ccc(C(=O)NC(=S)NNC(=O)C(C)Oc2ccc(Cl)cc2Cl)cc1. The molecule has 1 atom stereocenters. The summed E-state index contributed by atoms with van der Waals surface area (Å²) in [6.07, 6.45) is 0.0625. The highest BCUT2D eigenvalue weighted by atomic mass is 35.5. The molecule has 0 aliphatic rings. The number of benzene rings is 2. The van der Waals surface area contributed by atoms with Gasteiger partial charge in [0.1, 0.15) is 11.5 Å². The van der Waals surface area contributed by atoms with Crippen LogP contribution in [-0.2, 0) is 4.79 Å². The van der Waals surface area contributed by atoms with Crippen LogP contribution < -0.4 is 25.6 Å². The van der Waals surface area contributed by atoms with Gasteiger partial charge in [-0.2, -0.15) is 0 Å². The van der Waals surface area contributed by atoms with Crippen LogP contribution in [-0.4, -0.2) is 29.6 Å². The maximum Gasteiger partial charge on any atom is 0.279 e. The molecule has 0 radical (unpaired) electrons. The van der Waals surface area contributed by atoms with Crippen LogP contribution in [0.2, 0.25) is 10.0 Å². The summed E-state index contributed by atoms with van der Waals surface area (Å²) >= 11 is 16.9. The lowest BCUT2D eigenvalue weighted by Crippen LogP contribution is -2.51. The molecule has 0 heterocycles. The molecular formula is C22H25Cl2N3O4S. The highest BCUT2D eigenvalue weighted by molar-refractivity contribution is 7.80. The minimum atomic E-state index is -0.886. The van der Waals surface area contributed by atoms with Gasteiger partial charge in [0.05, 0.1) is 11.6 Å². The first kappa shape index (κ1) is 25.7. The third kappa shape index (κ3) is 8.53. The normalized spacial score (nSPS) is 11.4. The average molecular weight is 498 g/mol. The van der Waals surface area contributed by atoms with Crippen molar-refractivity contribution < 1.29 is 19.1 Å². The van der Waals surface area contributed by atoms with Crippen LogP contribution in [0.25, 0.3) is 0 Å². The number of hydrogen-bond acceptors (Lipinski definition) is 5. The molecule has 2 rings (SSSR count). The van der Waals surface area contributed by atoms with E-state index in [-0.39, 0.29) is 10.1 Å². The Morgan fingerprint density at radius 3 is 2.34 bits per heavy atom. The second-order valence-electron chi connectivity index (χ2n) is 7.29. The molecule has 172 valence electrons. The molecule has 0 aromatic heterocycles. The van der Waals surface area contributed by atoms with Crippen molar-refractivity contribution in [1.82, 2.24) is 16.2 Å². The Balaban J connectivity index is 1.77. The number of carbonyl (C=O) groups excluding carboxylic acids is 2. The third-order valence-corrected chi connectivity index (χ3v) is 4.91. The predicted molar refractivity (Wildman–Crippen MR) is 129 cm³/mol. The molecule has 2 aromatic rings. The Morgan fingerprint density at radius 2 is 1.72 bits per heavy atom. The van der Waals surface area contributed by atoms with E-state index in [1.165, 1.54) is 13.0 Å². The zero-order valence-electron chi connectivity index (χ0n) is 17.9. The number of thiocarbonyl (C=S) groups is 1. The lowest BCUT2D eigenvalue weighted by molar-refractivity contribution is -0.127. The van der Waals surface area contributed by atoms with Crippen LogP contribution in [0.5, 0.6) is 11.5 Å². The summed E-state index contributed by atoms with van der Waals surface area (Å²) in [5, 5.41) is 3.15. The van der Waals surface area contributed by atoms with Crippen molar-refractivity contribution >= 4 is 52.3 Å². The Labute approximate surface area is 202 Å². The molecule has 32 heavy (non-hydrogen) atoms. The zero-order chi connectivity index (χ0) is 23.7. The van der Waals surface area contributed by atoms with Gasteiger partial charge in [-0.25, -0.2) is 0 Å². The molecule has 2 amide bonds. The molecule has 0 spiro atoms. The van der Waals surface area contributed by atoms with Gasteiger partial charge in [0.2, 0.25) is 0 Å². The van der Waals surface area contributed by atoms with E-state index in [0.717, 1.165) is 6.42 Å². The van der Waals surface area contributed by atoms with E-state index in [4.69, 9.17) is 44.9 Å². The van der Waals surface area contributed by atoms with E-state index in [0.29, 0.717) is 34.6 Å². The van der Waals surface area contributed by atoms with Crippen molar-refractivity contribution in [3.8, 4) is 11.5 Å².